The monoisotopic (exact) mass is 308 g/mol. The molecule has 1 saturated carbocycles. The predicted octanol–water partition coefficient (Wildman–Crippen LogP) is 2.52. The lowest BCUT2D eigenvalue weighted by atomic mass is 9.87. The maximum absolute atomic E-state index is 13.0. The normalized spacial score (nSPS) is 22.6. The summed E-state index contributed by atoms with van der Waals surface area (Å²) in [6, 6.07) is 0. The summed E-state index contributed by atoms with van der Waals surface area (Å²) in [4.78, 5) is 21.2. The van der Waals surface area contributed by atoms with Gasteiger partial charge in [-0.1, -0.05) is 12.8 Å². The van der Waals surface area contributed by atoms with Crippen LogP contribution in [-0.2, 0) is 16.0 Å². The Morgan fingerprint density at radius 1 is 1.29 bits per heavy atom. The molecule has 1 aromatic rings. The third kappa shape index (κ3) is 2.91. The first kappa shape index (κ1) is 15.1. The van der Waals surface area contributed by atoms with E-state index in [-0.39, 0.29) is 5.54 Å². The van der Waals surface area contributed by atoms with Crippen LogP contribution in [0.25, 0.3) is 0 Å². The van der Waals surface area contributed by atoms with E-state index in [0.29, 0.717) is 12.2 Å². The van der Waals surface area contributed by atoms with Crippen LogP contribution >= 0.6 is 11.3 Å². The van der Waals surface area contributed by atoms with E-state index in [4.69, 9.17) is 4.74 Å². The molecular formula is C16H24N2O2S. The van der Waals surface area contributed by atoms with Crippen LogP contribution in [0.5, 0.6) is 0 Å². The van der Waals surface area contributed by atoms with Crippen LogP contribution in [0.3, 0.4) is 0 Å². The highest BCUT2D eigenvalue weighted by Gasteiger charge is 2.45. The number of ketones is 1. The smallest absolute Gasteiger partial charge is 0.159 e. The molecule has 1 saturated heterocycles. The van der Waals surface area contributed by atoms with Crippen LogP contribution in [0.15, 0.2) is 0 Å². The van der Waals surface area contributed by atoms with Gasteiger partial charge in [0, 0.05) is 18.0 Å². The summed E-state index contributed by atoms with van der Waals surface area (Å²) in [5.74, 6) is 0.371. The number of thiazole rings is 1. The number of Topliss-reactive ketones (excluding diaryl/α,β-unsaturated/α-hetero) is 1. The highest BCUT2D eigenvalue weighted by molar-refractivity contribution is 7.11. The minimum atomic E-state index is -0.239. The number of rotatable bonds is 4. The van der Waals surface area contributed by atoms with Crippen LogP contribution in [0.1, 0.15) is 41.3 Å². The quantitative estimate of drug-likeness (QED) is 0.857. The number of ether oxygens (including phenoxy) is 1. The summed E-state index contributed by atoms with van der Waals surface area (Å²) in [5.41, 5.74) is 0.826. The fraction of sp³-hybridized carbons (Fsp3) is 0.750. The van der Waals surface area contributed by atoms with Crippen LogP contribution < -0.4 is 0 Å². The van der Waals surface area contributed by atoms with Crippen molar-refractivity contribution in [3.05, 3.63) is 15.6 Å². The number of carbonyl (C=O) groups excluding carboxylic acids is 1. The molecule has 0 N–H and O–H groups in total. The van der Waals surface area contributed by atoms with Gasteiger partial charge in [0.25, 0.3) is 0 Å². The molecule has 1 aliphatic heterocycles. The van der Waals surface area contributed by atoms with Crippen molar-refractivity contribution in [3.8, 4) is 0 Å². The van der Waals surface area contributed by atoms with Crippen molar-refractivity contribution in [1.82, 2.24) is 9.88 Å². The fourth-order valence-electron chi connectivity index (χ4n) is 3.64. The maximum Gasteiger partial charge on any atom is 0.159 e. The Balaban J connectivity index is 1.78. The Morgan fingerprint density at radius 3 is 2.52 bits per heavy atom. The molecule has 0 bridgehead atoms. The molecule has 0 aromatic carbocycles. The molecule has 0 radical (unpaired) electrons. The van der Waals surface area contributed by atoms with Gasteiger partial charge >= 0.3 is 0 Å². The van der Waals surface area contributed by atoms with Gasteiger partial charge in [-0.25, -0.2) is 4.98 Å². The summed E-state index contributed by atoms with van der Waals surface area (Å²) in [6.07, 6.45) is 4.85. The van der Waals surface area contributed by atoms with Crippen molar-refractivity contribution in [2.24, 2.45) is 0 Å². The summed E-state index contributed by atoms with van der Waals surface area (Å²) in [5, 5.41) is 0.981. The summed E-state index contributed by atoms with van der Waals surface area (Å²) in [6.45, 7) is 7.39. The summed E-state index contributed by atoms with van der Waals surface area (Å²) < 4.78 is 5.46. The lowest BCUT2D eigenvalue weighted by Crippen LogP contribution is -2.57. The zero-order valence-electron chi connectivity index (χ0n) is 13.0. The minimum Gasteiger partial charge on any atom is -0.379 e. The number of hydrogen-bond donors (Lipinski definition) is 0. The molecule has 5 heteroatoms. The second kappa shape index (κ2) is 6.15. The first-order valence-corrected chi connectivity index (χ1v) is 8.72. The van der Waals surface area contributed by atoms with E-state index in [1.807, 2.05) is 6.92 Å². The molecular weight excluding hydrogens is 284 g/mol. The zero-order chi connectivity index (χ0) is 14.9. The first-order chi connectivity index (χ1) is 10.1. The van der Waals surface area contributed by atoms with E-state index in [1.165, 1.54) is 17.7 Å². The van der Waals surface area contributed by atoms with Gasteiger partial charge in [-0.05, 0) is 26.7 Å². The molecule has 1 aromatic heterocycles. The highest BCUT2D eigenvalue weighted by Crippen LogP contribution is 2.37. The van der Waals surface area contributed by atoms with Crippen LogP contribution in [-0.4, -0.2) is 47.5 Å². The van der Waals surface area contributed by atoms with Crippen LogP contribution in [0.4, 0.5) is 0 Å². The Hall–Kier alpha value is -0.780. The molecule has 0 atom stereocenters. The van der Waals surface area contributed by atoms with Gasteiger partial charge in [-0.15, -0.1) is 11.3 Å². The number of morpholine rings is 1. The third-order valence-electron chi connectivity index (χ3n) is 4.95. The molecule has 0 spiro atoms. The van der Waals surface area contributed by atoms with Crippen molar-refractivity contribution >= 4 is 17.1 Å². The van der Waals surface area contributed by atoms with Gasteiger partial charge in [-0.3, -0.25) is 9.69 Å². The van der Waals surface area contributed by atoms with Gasteiger partial charge in [-0.2, -0.15) is 0 Å². The highest BCUT2D eigenvalue weighted by atomic mass is 32.1. The molecule has 3 rings (SSSR count). The molecule has 2 aliphatic rings. The molecule has 1 aliphatic carbocycles. The van der Waals surface area contributed by atoms with Crippen molar-refractivity contribution in [2.75, 3.05) is 26.3 Å². The molecule has 0 unspecified atom stereocenters. The van der Waals surface area contributed by atoms with E-state index in [1.54, 1.807) is 11.3 Å². The minimum absolute atomic E-state index is 0.239. The van der Waals surface area contributed by atoms with Crippen molar-refractivity contribution in [1.29, 1.82) is 0 Å². The summed E-state index contributed by atoms with van der Waals surface area (Å²) >= 11 is 1.67. The van der Waals surface area contributed by atoms with E-state index in [0.717, 1.165) is 49.8 Å². The van der Waals surface area contributed by atoms with Crippen molar-refractivity contribution in [2.45, 2.75) is 51.5 Å². The van der Waals surface area contributed by atoms with Crippen LogP contribution in [0, 0.1) is 13.8 Å². The van der Waals surface area contributed by atoms with E-state index in [2.05, 4.69) is 16.8 Å². The lowest BCUT2D eigenvalue weighted by Gasteiger charge is -2.42. The van der Waals surface area contributed by atoms with Crippen LogP contribution in [0.2, 0.25) is 0 Å². The molecule has 116 valence electrons. The number of hydrogen-bond acceptors (Lipinski definition) is 5. The van der Waals surface area contributed by atoms with Crippen molar-refractivity contribution < 1.29 is 9.53 Å². The van der Waals surface area contributed by atoms with Gasteiger partial charge < -0.3 is 4.74 Å². The van der Waals surface area contributed by atoms with Crippen molar-refractivity contribution in [3.63, 3.8) is 0 Å². The first-order valence-electron chi connectivity index (χ1n) is 7.91. The molecule has 2 fully saturated rings. The van der Waals surface area contributed by atoms with E-state index in [9.17, 15) is 4.79 Å². The second-order valence-corrected chi connectivity index (χ2v) is 7.48. The Labute approximate surface area is 130 Å². The lowest BCUT2D eigenvalue weighted by molar-refractivity contribution is -0.133. The number of nitrogens with zero attached hydrogens (tertiary/aromatic N) is 2. The van der Waals surface area contributed by atoms with Gasteiger partial charge in [0.15, 0.2) is 5.78 Å². The van der Waals surface area contributed by atoms with Gasteiger partial charge in [0.05, 0.1) is 30.9 Å². The molecule has 0 amide bonds. The maximum atomic E-state index is 13.0. The van der Waals surface area contributed by atoms with Gasteiger partial charge in [0.2, 0.25) is 0 Å². The number of aryl methyl sites for hydroxylation is 2. The summed E-state index contributed by atoms with van der Waals surface area (Å²) in [7, 11) is 0. The van der Waals surface area contributed by atoms with E-state index < -0.39 is 0 Å². The Bertz CT molecular complexity index is 495. The topological polar surface area (TPSA) is 42.4 Å². The SMILES string of the molecule is Cc1nc(CC(=O)C2(N3CCOCC3)CCCC2)sc1C. The zero-order valence-corrected chi connectivity index (χ0v) is 13.8. The number of aromatic nitrogens is 1. The average Bonchev–Trinajstić information content (AvgIpc) is 3.09. The third-order valence-corrected chi connectivity index (χ3v) is 6.02. The van der Waals surface area contributed by atoms with Gasteiger partial charge in [0.1, 0.15) is 5.01 Å². The molecule has 2 heterocycles. The molecule has 4 nitrogen and oxygen atoms in total. The number of carbonyl (C=O) groups is 1. The Kier molecular flexibility index (Phi) is 4.43. The Morgan fingerprint density at radius 2 is 1.95 bits per heavy atom. The van der Waals surface area contributed by atoms with E-state index >= 15 is 0 Å². The largest absolute Gasteiger partial charge is 0.379 e. The predicted molar refractivity (Wildman–Crippen MR) is 83.9 cm³/mol. The average molecular weight is 308 g/mol. The fourth-order valence-corrected chi connectivity index (χ4v) is 4.57. The molecule has 21 heavy (non-hydrogen) atoms. The standard InChI is InChI=1S/C16H24N2O2S/c1-12-13(2)21-15(17-12)11-14(19)16(5-3-4-6-16)18-7-9-20-10-8-18/h3-11H2,1-2H3. The second-order valence-electron chi connectivity index (χ2n) is 6.19.